The Hall–Kier alpha value is -13.2. The maximum absolute atomic E-state index is 16.0. The summed E-state index contributed by atoms with van der Waals surface area (Å²) >= 11 is 0.848. The molecule has 2 aromatic heterocycles. The molecular formula is C95H134N20O22S. The number of carbonyl (C=O) groups is 18. The first-order valence-electron chi connectivity index (χ1n) is 46.7. The average molecular weight is 1940 g/mol. The van der Waals surface area contributed by atoms with E-state index >= 15 is 38.4 Å². The molecule has 3 aliphatic rings. The number of amides is 16. The number of benzene rings is 3. The molecule has 16 atom stereocenters. The topological polar surface area (TPSA) is 623 Å². The Kier molecular flexibility index (Phi) is 41.8. The van der Waals surface area contributed by atoms with E-state index in [2.05, 4.69) is 64.1 Å². The van der Waals surface area contributed by atoms with Crippen LogP contribution in [-0.4, -0.2) is 316 Å². The molecule has 43 heteroatoms. The van der Waals surface area contributed by atoms with Gasteiger partial charge in [-0.15, -0.1) is 24.1 Å². The van der Waals surface area contributed by atoms with Crippen molar-refractivity contribution in [2.24, 2.45) is 29.0 Å². The number of hydrogen-bond donors (Lipinski definition) is 18. The third-order valence-electron chi connectivity index (χ3n) is 24.8. The first-order chi connectivity index (χ1) is 65.5. The zero-order valence-corrected chi connectivity index (χ0v) is 80.5. The molecule has 42 nitrogen and oxygen atoms in total. The molecule has 0 spiro atoms. The van der Waals surface area contributed by atoms with Gasteiger partial charge in [-0.1, -0.05) is 116 Å². The van der Waals surface area contributed by atoms with Crippen LogP contribution in [0.1, 0.15) is 161 Å². The molecule has 138 heavy (non-hydrogen) atoms. The number of carboxylic acid groups (broad SMARTS) is 2. The van der Waals surface area contributed by atoms with E-state index < -0.39 is 254 Å². The van der Waals surface area contributed by atoms with Gasteiger partial charge in [0, 0.05) is 125 Å². The van der Waals surface area contributed by atoms with Crippen LogP contribution in [-0.2, 0) is 112 Å². The normalized spacial score (nSPS) is 24.7. The number of aliphatic hydroxyl groups is 1. The third kappa shape index (κ3) is 30.6. The molecule has 8 rings (SSSR count). The zero-order valence-electron chi connectivity index (χ0n) is 79.7. The number of nitrogens with zero attached hydrogens (tertiary/aromatic N) is 6. The van der Waals surface area contributed by atoms with E-state index in [0.717, 1.165) is 31.4 Å². The van der Waals surface area contributed by atoms with Gasteiger partial charge >= 0.3 is 11.9 Å². The van der Waals surface area contributed by atoms with Crippen LogP contribution in [0, 0.1) is 24.2 Å². The largest absolute Gasteiger partial charge is 0.508 e. The summed E-state index contributed by atoms with van der Waals surface area (Å²) in [7, 11) is 3.91. The molecule has 0 radical (unpaired) electrons. The van der Waals surface area contributed by atoms with Crippen molar-refractivity contribution in [2.75, 3.05) is 58.8 Å². The van der Waals surface area contributed by atoms with E-state index in [4.69, 9.17) is 23.6 Å². The molecule has 0 saturated carbocycles. The van der Waals surface area contributed by atoms with Gasteiger partial charge in [-0.05, 0) is 111 Å². The second-order valence-electron chi connectivity index (χ2n) is 36.3. The van der Waals surface area contributed by atoms with Crippen molar-refractivity contribution in [2.45, 2.75) is 267 Å². The fourth-order valence-corrected chi connectivity index (χ4v) is 18.2. The number of terminal acetylenes is 1. The Labute approximate surface area is 805 Å². The van der Waals surface area contributed by atoms with E-state index in [-0.39, 0.29) is 101 Å². The zero-order chi connectivity index (χ0) is 102. The van der Waals surface area contributed by atoms with Crippen LogP contribution in [0.3, 0.4) is 0 Å². The van der Waals surface area contributed by atoms with Crippen LogP contribution in [0.2, 0.25) is 0 Å². The van der Waals surface area contributed by atoms with Crippen molar-refractivity contribution in [1.82, 2.24) is 87.2 Å². The number of phenols is 1. The van der Waals surface area contributed by atoms with Crippen LogP contribution in [0.15, 0.2) is 85.2 Å². The Morgan fingerprint density at radius 3 is 1.76 bits per heavy atom. The lowest BCUT2D eigenvalue weighted by Crippen LogP contribution is -2.62. The van der Waals surface area contributed by atoms with Crippen molar-refractivity contribution in [3.63, 3.8) is 0 Å². The summed E-state index contributed by atoms with van der Waals surface area (Å²) in [5, 5.41) is 69.7. The molecule has 5 aromatic rings. The summed E-state index contributed by atoms with van der Waals surface area (Å²) in [5.74, 6) is -16.9. The van der Waals surface area contributed by atoms with Gasteiger partial charge in [0.15, 0.2) is 0 Å². The first kappa shape index (κ1) is 110. The molecule has 3 aromatic carbocycles. The number of rotatable bonds is 28. The molecule has 3 fully saturated rings. The summed E-state index contributed by atoms with van der Waals surface area (Å²) in [6.07, 6.45) is 5.24. The number of aromatic hydroxyl groups is 1. The summed E-state index contributed by atoms with van der Waals surface area (Å²) in [6.45, 7) is 9.94. The van der Waals surface area contributed by atoms with Gasteiger partial charge in [0.2, 0.25) is 94.5 Å². The van der Waals surface area contributed by atoms with Gasteiger partial charge < -0.3 is 125 Å². The monoisotopic (exact) mass is 1940 g/mol. The predicted molar refractivity (Wildman–Crippen MR) is 510 cm³/mol. The number of nitrogens with two attached hydrogens (primary N) is 3. The number of thioether (sulfide) groups is 1. The quantitative estimate of drug-likeness (QED) is 0.0271. The summed E-state index contributed by atoms with van der Waals surface area (Å²) in [5.41, 5.74) is 20.5. The number of carboxylic acids is 2. The molecule has 0 aliphatic carbocycles. The Balaban J connectivity index is 1.22. The number of hydrogen-bond acceptors (Lipinski definition) is 23. The standard InChI is InChI=1S/C95H134N20O22S/c1-12-15-26-74-87(128)104-66(37-52(4)5)84(125)100-58(42-79(119)101-65(22-14-3)95(136)137)50-138-51-80(120)102-69(39-55-30-32-59(116)33-31-55)90(131)110(9)54(8)82(123)106-71(44-78(98)118)92(133)114-36-21-29-75(114)88(129)109-72(45-97)86(127)107-68(38-53(6)7)93(134)115-48-60(117)43-77(115)89(130)105-67(40-56-46-99-63-25-19-17-23-61(56)63)85(126)103-64(34-35-96)83(124)108-70(91(132)112(11)76(27-16-13-2)94(135)111(74)10)41-57-47-113(49-81(121)122)73-28-20-18-24-62(57)73/h3,17-20,23-25,28,30-33,46-47,52-54,58,60,64-72,74-77,99,116-117H,12-13,15-16,21-22,26-27,29,34-45,48-51,96-97H2,1-2,4-11H3,(H2,98,118)(H,100,125)(H,101,119)(H,102,120)(H,103,126)(H,104,128)(H,105,130)(H,106,123)(H,107,127)(H,108,124)(H,109,129)(H,121,122)(H,136,137)/t54-,58?,60+,64-,65-,66-,67-,68-,69-,70-,71-,72-,74-,75-,76-,77-/m0/s1. The highest BCUT2D eigenvalue weighted by Crippen LogP contribution is 2.29. The van der Waals surface area contributed by atoms with E-state index in [0.29, 0.717) is 64.2 Å². The van der Waals surface area contributed by atoms with Crippen molar-refractivity contribution < 1.29 is 107 Å². The fraction of sp³-hybridized carbons (Fsp3) is 0.558. The van der Waals surface area contributed by atoms with Crippen LogP contribution in [0.4, 0.5) is 0 Å². The third-order valence-corrected chi connectivity index (χ3v) is 25.9. The van der Waals surface area contributed by atoms with Crippen molar-refractivity contribution in [3.05, 3.63) is 102 Å². The SMILES string of the molecule is C#CC[C@H](NC(=O)CC1CSCC(=O)N[C@@H](Cc2ccc(O)cc2)C(=O)N(C)[C@@H](C)C(=O)N[C@@H](CC(N)=O)C(=O)N2CCC[C@H]2C(=O)N[C@@H](CN)C(=O)N[C@@H](CC(C)C)C(=O)N2C[C@H](O)C[C@H]2C(=O)N[C@@H](Cc2c[nH]c3ccccc23)C(=O)N[C@@H](CCN)C(=O)N[C@@H](Cc2cn(CC(=O)O)c3ccccc23)C(=O)N(C)[C@@H](CCCC)C(=O)N(C)[C@@H](CCCC)C(=O)N[C@@H](CC(C)C)C(=O)N1)C(=O)O. The molecule has 3 aliphatic heterocycles. The first-order valence-corrected chi connectivity index (χ1v) is 47.8. The molecule has 752 valence electrons. The minimum Gasteiger partial charge on any atom is -0.508 e. The van der Waals surface area contributed by atoms with Gasteiger partial charge in [-0.25, -0.2) is 4.79 Å². The number of para-hydroxylation sites is 2. The highest BCUT2D eigenvalue weighted by Gasteiger charge is 2.47. The van der Waals surface area contributed by atoms with E-state index in [1.165, 1.54) is 68.0 Å². The number of likely N-dealkylation sites (N-methyl/N-ethyl adjacent to an activating group) is 3. The molecule has 3 saturated heterocycles. The second kappa shape index (κ2) is 52.4. The van der Waals surface area contributed by atoms with Crippen LogP contribution < -0.4 is 70.4 Å². The highest BCUT2D eigenvalue weighted by atomic mass is 32.2. The summed E-state index contributed by atoms with van der Waals surface area (Å²) in [4.78, 5) is 272. The molecular weight excluding hydrogens is 1810 g/mol. The number of primary amides is 1. The smallest absolute Gasteiger partial charge is 0.327 e. The van der Waals surface area contributed by atoms with Gasteiger partial charge in [0.1, 0.15) is 96.9 Å². The van der Waals surface area contributed by atoms with E-state index in [1.54, 1.807) is 82.4 Å². The van der Waals surface area contributed by atoms with E-state index in [9.17, 15) is 68.4 Å². The van der Waals surface area contributed by atoms with Gasteiger partial charge in [-0.2, -0.15) is 0 Å². The predicted octanol–water partition coefficient (Wildman–Crippen LogP) is -0.857. The number of unbranched alkanes of at least 4 members (excludes halogenated alkanes) is 2. The Morgan fingerprint density at radius 1 is 0.572 bits per heavy atom. The summed E-state index contributed by atoms with van der Waals surface area (Å²) < 4.78 is 1.44. The Bertz CT molecular complexity index is 5230. The molecule has 0 bridgehead atoms. The second-order valence-corrected chi connectivity index (χ2v) is 37.4. The molecule has 5 heterocycles. The molecule has 21 N–H and O–H groups in total. The minimum absolute atomic E-state index is 0.00440. The number of carbonyl (C=O) groups excluding carboxylic acids is 16. The number of fused-ring (bicyclic) bond motifs is 4. The van der Waals surface area contributed by atoms with Gasteiger partial charge in [0.25, 0.3) is 0 Å². The number of aromatic nitrogens is 2. The number of aliphatic carboxylic acids is 2. The number of phenolic OH excluding ortho intramolecular Hbond substituents is 1. The lowest BCUT2D eigenvalue weighted by atomic mass is 9.99. The fourth-order valence-electron chi connectivity index (χ4n) is 17.3. The van der Waals surface area contributed by atoms with Crippen molar-refractivity contribution in [1.29, 1.82) is 0 Å². The lowest BCUT2D eigenvalue weighted by Gasteiger charge is -2.36. The molecule has 16 amide bonds. The van der Waals surface area contributed by atoms with E-state index in [1.807, 2.05) is 13.8 Å². The number of nitrogens with one attached hydrogen (secondary N) is 11. The Morgan fingerprint density at radius 2 is 1.12 bits per heavy atom. The summed E-state index contributed by atoms with van der Waals surface area (Å²) in [6, 6.07) is -3.53. The lowest BCUT2D eigenvalue weighted by molar-refractivity contribution is -0.149. The van der Waals surface area contributed by atoms with Crippen LogP contribution in [0.5, 0.6) is 5.75 Å². The number of H-pyrrole nitrogens is 1. The maximum atomic E-state index is 16.0. The number of aromatic amines is 1. The average Bonchev–Trinajstić information content (AvgIpc) is 1.63. The van der Waals surface area contributed by atoms with Crippen molar-refractivity contribution in [3.8, 4) is 18.1 Å². The van der Waals surface area contributed by atoms with Crippen LogP contribution in [0.25, 0.3) is 21.8 Å². The van der Waals surface area contributed by atoms with Gasteiger partial charge in [0.05, 0.1) is 18.3 Å². The minimum atomic E-state index is -1.78. The molecule has 1 unspecified atom stereocenters. The van der Waals surface area contributed by atoms with Gasteiger partial charge in [-0.3, -0.25) is 81.5 Å². The highest BCUT2D eigenvalue weighted by molar-refractivity contribution is 8.00. The van der Waals surface area contributed by atoms with Crippen LogP contribution >= 0.6 is 11.8 Å². The maximum Gasteiger partial charge on any atom is 0.327 e. The number of aliphatic hydroxyl groups excluding tert-OH is 1. The van der Waals surface area contributed by atoms with Crippen molar-refractivity contribution >= 4 is 140 Å².